The number of carbonyl (C=O) groups excluding carboxylic acids is 7. The van der Waals surface area contributed by atoms with E-state index in [1.165, 1.54) is 9.80 Å². The van der Waals surface area contributed by atoms with Crippen LogP contribution in [0.15, 0.2) is 36.2 Å². The minimum Gasteiger partial charge on any atom is -0.443 e. The second kappa shape index (κ2) is 20.9. The van der Waals surface area contributed by atoms with Gasteiger partial charge in [-0.25, -0.2) is 4.79 Å². The van der Waals surface area contributed by atoms with E-state index in [-0.39, 0.29) is 36.4 Å². The molecule has 0 aromatic heterocycles. The highest BCUT2D eigenvalue weighted by Crippen LogP contribution is 2.39. The Morgan fingerprint density at radius 1 is 1.00 bits per heavy atom. The monoisotopic (exact) mass is 818 g/mol. The first-order valence-corrected chi connectivity index (χ1v) is 21.3. The average molecular weight is 819 g/mol. The Hall–Kier alpha value is -4.93. The van der Waals surface area contributed by atoms with Gasteiger partial charge in [0.1, 0.15) is 23.4 Å². The maximum Gasteiger partial charge on any atom is 0.408 e. The first-order chi connectivity index (χ1) is 27.9. The van der Waals surface area contributed by atoms with Gasteiger partial charge in [0.2, 0.25) is 23.5 Å². The molecule has 0 spiro atoms. The highest BCUT2D eigenvalue weighted by Gasteiger charge is 2.51. The van der Waals surface area contributed by atoms with Gasteiger partial charge in [-0.05, 0) is 89.0 Å². The fraction of sp³-hybridized carbons (Fsp3) is 0.667. The third kappa shape index (κ3) is 12.5. The summed E-state index contributed by atoms with van der Waals surface area (Å²) in [5.74, 6) is -2.59. The molecule has 1 heterocycles. The van der Waals surface area contributed by atoms with Crippen LogP contribution in [0.25, 0.3) is 0 Å². The summed E-state index contributed by atoms with van der Waals surface area (Å²) in [6, 6.07) is -3.30. The van der Waals surface area contributed by atoms with Gasteiger partial charge >= 0.3 is 6.09 Å². The maximum atomic E-state index is 14.6. The number of nitrogens with zero attached hydrogens (tertiary/aromatic N) is 2. The molecule has 0 aromatic rings. The molecule has 0 bridgehead atoms. The predicted molar refractivity (Wildman–Crippen MR) is 224 cm³/mol. The molecule has 14 nitrogen and oxygen atoms in total. The van der Waals surface area contributed by atoms with Crippen molar-refractivity contribution in [1.82, 2.24) is 31.1 Å². The molecule has 3 aliphatic carbocycles. The normalized spacial score (nSPS) is 21.7. The van der Waals surface area contributed by atoms with E-state index in [0.29, 0.717) is 37.8 Å². The topological polar surface area (TPSA) is 183 Å². The number of allylic oxidation sites excluding steroid dienone is 2. The summed E-state index contributed by atoms with van der Waals surface area (Å²) in [5.41, 5.74) is 0.604. The van der Waals surface area contributed by atoms with E-state index in [9.17, 15) is 33.6 Å². The van der Waals surface area contributed by atoms with Crippen molar-refractivity contribution < 1.29 is 38.3 Å². The van der Waals surface area contributed by atoms with Gasteiger partial charge in [-0.2, -0.15) is 0 Å². The smallest absolute Gasteiger partial charge is 0.408 e. The van der Waals surface area contributed by atoms with Crippen molar-refractivity contribution in [3.05, 3.63) is 36.2 Å². The first kappa shape index (κ1) is 46.8. The van der Waals surface area contributed by atoms with E-state index in [1.54, 1.807) is 33.9 Å². The molecule has 6 amide bonds. The highest BCUT2D eigenvalue weighted by atomic mass is 16.6. The fourth-order valence-electron chi connectivity index (χ4n) is 8.69. The van der Waals surface area contributed by atoms with Crippen LogP contribution >= 0.6 is 0 Å². The van der Waals surface area contributed by atoms with E-state index >= 15 is 0 Å². The third-order valence-electron chi connectivity index (χ3n) is 12.2. The maximum absolute atomic E-state index is 14.6. The quantitative estimate of drug-likeness (QED) is 0.0667. The number of ether oxygens (including phenoxy) is 1. The largest absolute Gasteiger partial charge is 0.443 e. The lowest BCUT2D eigenvalue weighted by molar-refractivity contribution is -0.144. The molecule has 4 aliphatic rings. The predicted octanol–water partition coefficient (Wildman–Crippen LogP) is 4.66. The number of rotatable bonds is 18. The van der Waals surface area contributed by atoms with Crippen molar-refractivity contribution in [3.63, 3.8) is 0 Å². The van der Waals surface area contributed by atoms with Gasteiger partial charge in [0, 0.05) is 37.5 Å². The van der Waals surface area contributed by atoms with Crippen molar-refractivity contribution in [2.45, 2.75) is 142 Å². The molecule has 0 aromatic carbocycles. The molecule has 3 saturated carbocycles. The molecule has 2 unspecified atom stereocenters. The van der Waals surface area contributed by atoms with Crippen molar-refractivity contribution in [2.75, 3.05) is 20.1 Å². The molecule has 0 radical (unpaired) electrons. The zero-order valence-electron chi connectivity index (χ0n) is 36.0. The number of amides is 6. The Labute approximate surface area is 350 Å². The van der Waals surface area contributed by atoms with Crippen LogP contribution in [0.3, 0.4) is 0 Å². The molecule has 1 saturated heterocycles. The van der Waals surface area contributed by atoms with E-state index in [1.807, 2.05) is 13.8 Å². The third-order valence-corrected chi connectivity index (χ3v) is 12.2. The van der Waals surface area contributed by atoms with Gasteiger partial charge in [-0.15, -0.1) is 18.9 Å². The number of likely N-dealkylation sites (tertiary alicyclic amines) is 1. The lowest BCUT2D eigenvalue weighted by Gasteiger charge is -2.34. The van der Waals surface area contributed by atoms with Crippen molar-refractivity contribution in [2.24, 2.45) is 29.6 Å². The number of likely N-dealkylation sites (N-methyl/N-ethyl adjacent to an activating group) is 1. The summed E-state index contributed by atoms with van der Waals surface area (Å²) in [5, 5.41) is 10.7. The molecular weight excluding hydrogens is 753 g/mol. The number of terminal acetylenes is 1. The summed E-state index contributed by atoms with van der Waals surface area (Å²) in [6.45, 7) is 16.1. The Bertz CT molecular complexity index is 1710. The summed E-state index contributed by atoms with van der Waals surface area (Å²) in [6.07, 6.45) is 16.4. The van der Waals surface area contributed by atoms with Crippen LogP contribution in [-0.4, -0.2) is 95.1 Å². The Balaban J connectivity index is 1.52. The number of carbonyl (C=O) groups is 7. The van der Waals surface area contributed by atoms with Crippen LogP contribution < -0.4 is 21.3 Å². The van der Waals surface area contributed by atoms with Crippen LogP contribution in [0.1, 0.15) is 118 Å². The van der Waals surface area contributed by atoms with Crippen LogP contribution in [-0.2, 0) is 33.5 Å². The molecule has 5 atom stereocenters. The number of alkyl carbamates (subject to hydrolysis) is 1. The number of hydrogen-bond donors (Lipinski definition) is 4. The van der Waals surface area contributed by atoms with Gasteiger partial charge in [-0.3, -0.25) is 28.8 Å². The average Bonchev–Trinajstić information content (AvgIpc) is 3.66. The zero-order chi connectivity index (χ0) is 43.6. The number of hydrogen-bond acceptors (Lipinski definition) is 8. The molecule has 1 aliphatic heterocycles. The van der Waals surface area contributed by atoms with Gasteiger partial charge in [0.25, 0.3) is 11.8 Å². The van der Waals surface area contributed by atoms with E-state index in [0.717, 1.165) is 50.5 Å². The number of ketones is 1. The minimum absolute atomic E-state index is 0.0673. The Morgan fingerprint density at radius 2 is 1.64 bits per heavy atom. The molecular formula is C45H66N6O8. The Kier molecular flexibility index (Phi) is 16.5. The zero-order valence-corrected chi connectivity index (χ0v) is 36.0. The van der Waals surface area contributed by atoms with E-state index in [2.05, 4.69) is 40.3 Å². The van der Waals surface area contributed by atoms with Gasteiger partial charge < -0.3 is 35.8 Å². The lowest BCUT2D eigenvalue weighted by atomic mass is 9.81. The van der Waals surface area contributed by atoms with Crippen molar-refractivity contribution in [3.8, 4) is 12.3 Å². The summed E-state index contributed by atoms with van der Waals surface area (Å²) in [4.78, 5) is 98.9. The molecule has 4 fully saturated rings. The lowest BCUT2D eigenvalue weighted by Crippen LogP contribution is -2.59. The SMILES string of the molecule is C#CC1CN(C(=O)[C@@H](NC(=O)OC(C)(C)CC=C)C2CCCC2)[C@H](C(=O)NC(CC2CC2)C(=O)C(=O)NCC(=O)NC(C(=O)N(C)C(=C)C)=C2CCCCC2)[C@H]1C(C)C. The number of Topliss-reactive ketones (excluding diaryl/α,β-unsaturated/α-hetero) is 1. The van der Waals surface area contributed by atoms with Gasteiger partial charge in [0.05, 0.1) is 12.6 Å². The fourth-order valence-corrected chi connectivity index (χ4v) is 8.69. The van der Waals surface area contributed by atoms with Crippen molar-refractivity contribution >= 4 is 41.4 Å². The summed E-state index contributed by atoms with van der Waals surface area (Å²) < 4.78 is 5.68. The minimum atomic E-state index is -1.23. The second-order valence-corrected chi connectivity index (χ2v) is 17.8. The second-order valence-electron chi connectivity index (χ2n) is 17.8. The van der Waals surface area contributed by atoms with Crippen molar-refractivity contribution in [1.29, 1.82) is 0 Å². The number of nitrogens with one attached hydrogen (secondary N) is 4. The first-order valence-electron chi connectivity index (χ1n) is 21.3. The summed E-state index contributed by atoms with van der Waals surface area (Å²) >= 11 is 0. The van der Waals surface area contributed by atoms with E-state index < -0.39 is 83.5 Å². The molecule has 59 heavy (non-hydrogen) atoms. The molecule has 4 rings (SSSR count). The van der Waals surface area contributed by atoms with Gasteiger partial charge in [0.15, 0.2) is 0 Å². The Morgan fingerprint density at radius 3 is 2.20 bits per heavy atom. The highest BCUT2D eigenvalue weighted by molar-refractivity contribution is 6.38. The standard InChI is InChI=1S/C45H66N6O8/c1-10-23-45(7,8)59-44(58)49-37(32-19-15-16-20-32)43(57)51-26-30(11-2)35(27(3)4)38(51)40(54)47-33(24-29-21-22-29)39(53)41(55)46-25-34(52)48-36(31-17-13-12-14-18-31)42(56)50(9)28(5)6/h2,10,27,29-30,32-33,35,37-38H,1,5,12-26H2,3-4,6-9H3,(H,46,55)(H,47,54)(H,48,52)(H,49,58)/t30?,33?,35-,37-,38-/m0/s1. The van der Waals surface area contributed by atoms with Gasteiger partial charge in [-0.1, -0.05) is 58.6 Å². The van der Waals surface area contributed by atoms with Crippen LogP contribution in [0.2, 0.25) is 0 Å². The molecule has 14 heteroatoms. The van der Waals surface area contributed by atoms with E-state index in [4.69, 9.17) is 11.2 Å². The molecule has 4 N–H and O–H groups in total. The van der Waals surface area contributed by atoms with Crippen LogP contribution in [0.4, 0.5) is 4.79 Å². The molecule has 324 valence electrons. The summed E-state index contributed by atoms with van der Waals surface area (Å²) in [7, 11) is 1.57. The van der Waals surface area contributed by atoms with Crippen LogP contribution in [0.5, 0.6) is 0 Å². The van der Waals surface area contributed by atoms with Crippen LogP contribution in [0, 0.1) is 41.9 Å².